The van der Waals surface area contributed by atoms with Crippen molar-refractivity contribution in [1.29, 1.82) is 0 Å². The summed E-state index contributed by atoms with van der Waals surface area (Å²) in [4.78, 5) is 26.6. The van der Waals surface area contributed by atoms with Crippen LogP contribution in [0.1, 0.15) is 40.5 Å². The van der Waals surface area contributed by atoms with Crippen LogP contribution in [0.5, 0.6) is 0 Å². The average molecular weight is 325 g/mol. The molecule has 0 radical (unpaired) electrons. The fraction of sp³-hybridized carbons (Fsp3) is 0.882. The smallest absolute Gasteiger partial charge is 0.242 e. The zero-order chi connectivity index (χ0) is 17.0. The summed E-state index contributed by atoms with van der Waals surface area (Å²) < 4.78 is 5.58. The van der Waals surface area contributed by atoms with Crippen LogP contribution in [0.15, 0.2) is 0 Å². The van der Waals surface area contributed by atoms with Gasteiger partial charge in [-0.15, -0.1) is 0 Å². The molecule has 0 aromatic carbocycles. The number of piperidine rings is 1. The van der Waals surface area contributed by atoms with E-state index < -0.39 is 0 Å². The first-order chi connectivity index (χ1) is 10.8. The maximum absolute atomic E-state index is 12.7. The lowest BCUT2D eigenvalue weighted by atomic mass is 9.93. The summed E-state index contributed by atoms with van der Waals surface area (Å²) in [5.41, 5.74) is -0.372. The van der Waals surface area contributed by atoms with Gasteiger partial charge in [0.2, 0.25) is 11.8 Å². The second-order valence-electron chi connectivity index (χ2n) is 7.76. The number of hydrogen-bond donors (Lipinski definition) is 2. The Morgan fingerprint density at radius 1 is 1.35 bits per heavy atom. The Hall–Kier alpha value is -1.14. The van der Waals surface area contributed by atoms with Gasteiger partial charge in [-0.1, -0.05) is 20.8 Å². The molecular formula is C17H31N3O3. The molecule has 0 aliphatic carbocycles. The van der Waals surface area contributed by atoms with E-state index >= 15 is 0 Å². The van der Waals surface area contributed by atoms with E-state index in [1.54, 1.807) is 0 Å². The molecule has 0 bridgehead atoms. The van der Waals surface area contributed by atoms with Gasteiger partial charge in [-0.05, 0) is 25.7 Å². The van der Waals surface area contributed by atoms with E-state index in [-0.39, 0.29) is 29.4 Å². The molecule has 1 unspecified atom stereocenters. The Kier molecular flexibility index (Phi) is 6.03. The maximum Gasteiger partial charge on any atom is 0.242 e. The summed E-state index contributed by atoms with van der Waals surface area (Å²) in [7, 11) is 0. The number of carbonyl (C=O) groups is 2. The molecule has 2 fully saturated rings. The normalized spacial score (nSPS) is 29.2. The largest absolute Gasteiger partial charge is 0.375 e. The van der Waals surface area contributed by atoms with Crippen molar-refractivity contribution in [2.75, 3.05) is 32.8 Å². The van der Waals surface area contributed by atoms with Crippen molar-refractivity contribution >= 4 is 11.8 Å². The van der Waals surface area contributed by atoms with Crippen LogP contribution in [-0.2, 0) is 14.3 Å². The summed E-state index contributed by atoms with van der Waals surface area (Å²) in [5, 5.41) is 6.29. The number of hydrogen-bond acceptors (Lipinski definition) is 4. The Morgan fingerprint density at radius 3 is 2.74 bits per heavy atom. The van der Waals surface area contributed by atoms with E-state index in [2.05, 4.69) is 10.6 Å². The van der Waals surface area contributed by atoms with Gasteiger partial charge in [-0.2, -0.15) is 0 Å². The monoisotopic (exact) mass is 325 g/mol. The first-order valence-corrected chi connectivity index (χ1v) is 8.71. The predicted octanol–water partition coefficient (Wildman–Crippen LogP) is 0.764. The number of morpholine rings is 1. The van der Waals surface area contributed by atoms with Crippen LogP contribution in [0, 0.1) is 11.3 Å². The molecule has 2 aliphatic rings. The Bertz CT molecular complexity index is 433. The number of nitrogens with one attached hydrogen (secondary N) is 2. The number of rotatable bonds is 3. The minimum Gasteiger partial charge on any atom is -0.375 e. The molecule has 0 spiro atoms. The molecular weight excluding hydrogens is 294 g/mol. The molecule has 23 heavy (non-hydrogen) atoms. The molecule has 2 rings (SSSR count). The van der Waals surface area contributed by atoms with Gasteiger partial charge in [-0.25, -0.2) is 0 Å². The minimum atomic E-state index is -0.372. The van der Waals surface area contributed by atoms with Crippen LogP contribution >= 0.6 is 0 Å². The lowest BCUT2D eigenvalue weighted by molar-refractivity contribution is -0.141. The lowest BCUT2D eigenvalue weighted by Gasteiger charge is -2.38. The van der Waals surface area contributed by atoms with Crippen LogP contribution in [0.4, 0.5) is 0 Å². The SMILES string of the molecule is C[C@H]1OCCN[C@@H]1C(=O)N1CCCC(CNC(=O)C(C)(C)C)C1. The second-order valence-corrected chi connectivity index (χ2v) is 7.76. The Balaban J connectivity index is 1.85. The molecule has 2 N–H and O–H groups in total. The summed E-state index contributed by atoms with van der Waals surface area (Å²) in [6.45, 7) is 11.2. The molecule has 6 heteroatoms. The van der Waals surface area contributed by atoms with Crippen LogP contribution in [-0.4, -0.2) is 61.6 Å². The zero-order valence-corrected chi connectivity index (χ0v) is 14.9. The highest BCUT2D eigenvalue weighted by molar-refractivity contribution is 5.83. The van der Waals surface area contributed by atoms with Crippen LogP contribution in [0.2, 0.25) is 0 Å². The van der Waals surface area contributed by atoms with Gasteiger partial charge in [-0.3, -0.25) is 9.59 Å². The highest BCUT2D eigenvalue weighted by Gasteiger charge is 2.34. The van der Waals surface area contributed by atoms with Crippen molar-refractivity contribution in [3.8, 4) is 0 Å². The predicted molar refractivity (Wildman–Crippen MR) is 89.0 cm³/mol. The third kappa shape index (κ3) is 4.91. The number of nitrogens with zero attached hydrogens (tertiary/aromatic N) is 1. The van der Waals surface area contributed by atoms with Gasteiger partial charge in [0.1, 0.15) is 6.04 Å². The van der Waals surface area contributed by atoms with Gasteiger partial charge >= 0.3 is 0 Å². The third-order valence-electron chi connectivity index (χ3n) is 4.65. The first-order valence-electron chi connectivity index (χ1n) is 8.71. The van der Waals surface area contributed by atoms with Gasteiger partial charge in [0.15, 0.2) is 0 Å². The standard InChI is InChI=1S/C17H31N3O3/c1-12-14(18-7-9-23-12)15(21)20-8-5-6-13(11-20)10-19-16(22)17(2,3)4/h12-14,18H,5-11H2,1-4H3,(H,19,22)/t12-,13?,14+/m1/s1. The van der Waals surface area contributed by atoms with E-state index in [0.29, 0.717) is 25.6 Å². The van der Waals surface area contributed by atoms with Gasteiger partial charge < -0.3 is 20.3 Å². The van der Waals surface area contributed by atoms with Gasteiger partial charge in [0.05, 0.1) is 12.7 Å². The highest BCUT2D eigenvalue weighted by atomic mass is 16.5. The molecule has 3 atom stereocenters. The third-order valence-corrected chi connectivity index (χ3v) is 4.65. The van der Waals surface area contributed by atoms with E-state index in [9.17, 15) is 9.59 Å². The minimum absolute atomic E-state index is 0.0666. The molecule has 2 aliphatic heterocycles. The Morgan fingerprint density at radius 2 is 2.09 bits per heavy atom. The molecule has 0 aromatic heterocycles. The topological polar surface area (TPSA) is 70.7 Å². The van der Waals surface area contributed by atoms with Crippen LogP contribution < -0.4 is 10.6 Å². The van der Waals surface area contributed by atoms with Gasteiger partial charge in [0.25, 0.3) is 0 Å². The van der Waals surface area contributed by atoms with Crippen molar-refractivity contribution in [2.24, 2.45) is 11.3 Å². The number of ether oxygens (including phenoxy) is 1. The van der Waals surface area contributed by atoms with Gasteiger partial charge in [0, 0.05) is 31.6 Å². The van der Waals surface area contributed by atoms with Crippen molar-refractivity contribution in [3.63, 3.8) is 0 Å². The number of amides is 2. The van der Waals surface area contributed by atoms with Crippen molar-refractivity contribution < 1.29 is 14.3 Å². The fourth-order valence-corrected chi connectivity index (χ4v) is 3.14. The summed E-state index contributed by atoms with van der Waals surface area (Å²) in [6, 6.07) is -0.244. The lowest BCUT2D eigenvalue weighted by Crippen LogP contribution is -2.58. The number of carbonyl (C=O) groups excluding carboxylic acids is 2. The first kappa shape index (κ1) is 18.2. The highest BCUT2D eigenvalue weighted by Crippen LogP contribution is 2.19. The van der Waals surface area contributed by atoms with E-state index in [0.717, 1.165) is 25.9 Å². The molecule has 132 valence electrons. The van der Waals surface area contributed by atoms with Crippen molar-refractivity contribution in [3.05, 3.63) is 0 Å². The second kappa shape index (κ2) is 7.62. The zero-order valence-electron chi connectivity index (χ0n) is 14.9. The molecule has 0 aromatic rings. The van der Waals surface area contributed by atoms with Crippen LogP contribution in [0.3, 0.4) is 0 Å². The maximum atomic E-state index is 12.7. The molecule has 0 saturated carbocycles. The quantitative estimate of drug-likeness (QED) is 0.804. The molecule has 2 saturated heterocycles. The Labute approximate surface area is 139 Å². The summed E-state index contributed by atoms with van der Waals surface area (Å²) >= 11 is 0. The fourth-order valence-electron chi connectivity index (χ4n) is 3.14. The summed E-state index contributed by atoms with van der Waals surface area (Å²) in [5.74, 6) is 0.528. The summed E-state index contributed by atoms with van der Waals surface area (Å²) in [6.07, 6.45) is 1.96. The van der Waals surface area contributed by atoms with E-state index in [4.69, 9.17) is 4.74 Å². The molecule has 2 amide bonds. The van der Waals surface area contributed by atoms with E-state index in [1.807, 2.05) is 32.6 Å². The van der Waals surface area contributed by atoms with Crippen molar-refractivity contribution in [2.45, 2.75) is 52.7 Å². The average Bonchev–Trinajstić information content (AvgIpc) is 2.51. The van der Waals surface area contributed by atoms with Crippen molar-refractivity contribution in [1.82, 2.24) is 15.5 Å². The van der Waals surface area contributed by atoms with E-state index in [1.165, 1.54) is 0 Å². The number of likely N-dealkylation sites (tertiary alicyclic amines) is 1. The van der Waals surface area contributed by atoms with Crippen LogP contribution in [0.25, 0.3) is 0 Å². The molecule has 2 heterocycles. The molecule has 6 nitrogen and oxygen atoms in total.